The number of anilines is 1. The molecule has 29 heavy (non-hydrogen) atoms. The average molecular weight is 449 g/mol. The topological polar surface area (TPSA) is 55.1 Å². The van der Waals surface area contributed by atoms with Crippen molar-refractivity contribution in [1.29, 1.82) is 0 Å². The van der Waals surface area contributed by atoms with Crippen LogP contribution in [0.5, 0.6) is 0 Å². The summed E-state index contributed by atoms with van der Waals surface area (Å²) in [6.07, 6.45) is 0. The van der Waals surface area contributed by atoms with Gasteiger partial charge in [-0.05, 0) is 69.4 Å². The average Bonchev–Trinajstić information content (AvgIpc) is 3.11. The Morgan fingerprint density at radius 1 is 1.00 bits per heavy atom. The van der Waals surface area contributed by atoms with Crippen molar-refractivity contribution < 1.29 is 9.21 Å². The molecule has 1 amide bonds. The van der Waals surface area contributed by atoms with Crippen LogP contribution in [0.1, 0.15) is 36.7 Å². The molecule has 0 spiro atoms. The number of rotatable bonds is 3. The van der Waals surface area contributed by atoms with Gasteiger partial charge in [-0.25, -0.2) is 4.98 Å². The number of nitrogens with zero attached hydrogens (tertiary/aromatic N) is 1. The summed E-state index contributed by atoms with van der Waals surface area (Å²) in [5, 5.41) is 2.94. The van der Waals surface area contributed by atoms with E-state index in [1.165, 1.54) is 5.56 Å². The summed E-state index contributed by atoms with van der Waals surface area (Å²) in [6.45, 7) is 6.45. The molecule has 4 nitrogen and oxygen atoms in total. The van der Waals surface area contributed by atoms with Gasteiger partial charge in [0.1, 0.15) is 5.52 Å². The van der Waals surface area contributed by atoms with E-state index in [9.17, 15) is 4.79 Å². The zero-order valence-electron chi connectivity index (χ0n) is 16.5. The molecule has 0 saturated heterocycles. The van der Waals surface area contributed by atoms with Crippen LogP contribution in [0.15, 0.2) is 75.6 Å². The maximum Gasteiger partial charge on any atom is 0.255 e. The molecule has 1 N–H and O–H groups in total. The number of amides is 1. The predicted molar refractivity (Wildman–Crippen MR) is 120 cm³/mol. The molecular weight excluding hydrogens is 428 g/mol. The first-order chi connectivity index (χ1) is 13.8. The van der Waals surface area contributed by atoms with E-state index < -0.39 is 0 Å². The highest BCUT2D eigenvalue weighted by Gasteiger charge is 2.15. The molecular formula is C24H21BrN2O2. The highest BCUT2D eigenvalue weighted by Crippen LogP contribution is 2.31. The molecule has 5 heteroatoms. The fraction of sp³-hybridized carbons (Fsp3) is 0.167. The summed E-state index contributed by atoms with van der Waals surface area (Å²) in [4.78, 5) is 17.2. The van der Waals surface area contributed by atoms with Crippen LogP contribution in [0.3, 0.4) is 0 Å². The van der Waals surface area contributed by atoms with E-state index in [0.29, 0.717) is 28.2 Å². The highest BCUT2D eigenvalue weighted by atomic mass is 79.9. The van der Waals surface area contributed by atoms with Gasteiger partial charge < -0.3 is 9.73 Å². The zero-order valence-corrected chi connectivity index (χ0v) is 18.1. The summed E-state index contributed by atoms with van der Waals surface area (Å²) in [7, 11) is 0. The number of carbonyl (C=O) groups excluding carboxylic acids is 1. The van der Waals surface area contributed by atoms with Crippen LogP contribution in [0.25, 0.3) is 22.6 Å². The molecule has 0 saturated carbocycles. The molecule has 0 atom stereocenters. The van der Waals surface area contributed by atoms with Crippen LogP contribution in [-0.4, -0.2) is 10.9 Å². The van der Waals surface area contributed by atoms with E-state index in [4.69, 9.17) is 4.42 Å². The monoisotopic (exact) mass is 448 g/mol. The minimum Gasteiger partial charge on any atom is -0.436 e. The molecule has 0 unspecified atom stereocenters. The number of halogens is 1. The Hall–Kier alpha value is -2.92. The summed E-state index contributed by atoms with van der Waals surface area (Å²) in [5.41, 5.74) is 4.78. The number of aromatic nitrogens is 1. The fourth-order valence-corrected chi connectivity index (χ4v) is 3.53. The molecule has 0 radical (unpaired) electrons. The molecule has 0 fully saturated rings. The van der Waals surface area contributed by atoms with E-state index in [2.05, 4.69) is 47.0 Å². The lowest BCUT2D eigenvalue weighted by Crippen LogP contribution is -2.14. The molecule has 0 bridgehead atoms. The van der Waals surface area contributed by atoms with Gasteiger partial charge >= 0.3 is 0 Å². The van der Waals surface area contributed by atoms with Gasteiger partial charge in [-0.3, -0.25) is 4.79 Å². The van der Waals surface area contributed by atoms with Crippen LogP contribution in [0.2, 0.25) is 0 Å². The third kappa shape index (κ3) is 4.10. The van der Waals surface area contributed by atoms with Crippen molar-refractivity contribution in [3.63, 3.8) is 0 Å². The maximum atomic E-state index is 12.6. The fourth-order valence-electron chi connectivity index (χ4n) is 3.08. The number of fused-ring (bicyclic) bond motifs is 1. The lowest BCUT2D eigenvalue weighted by Gasteiger charge is -2.19. The van der Waals surface area contributed by atoms with Crippen molar-refractivity contribution in [2.45, 2.75) is 26.2 Å². The lowest BCUT2D eigenvalue weighted by atomic mass is 9.87. The van der Waals surface area contributed by atoms with Crippen LogP contribution in [0.4, 0.5) is 5.69 Å². The number of carbonyl (C=O) groups is 1. The Balaban J connectivity index is 1.57. The number of benzene rings is 3. The van der Waals surface area contributed by atoms with Gasteiger partial charge in [0.25, 0.3) is 5.91 Å². The Labute approximate surface area is 178 Å². The zero-order chi connectivity index (χ0) is 20.6. The van der Waals surface area contributed by atoms with Gasteiger partial charge in [0.2, 0.25) is 5.89 Å². The largest absolute Gasteiger partial charge is 0.436 e. The number of oxazole rings is 1. The van der Waals surface area contributed by atoms with Gasteiger partial charge in [-0.15, -0.1) is 0 Å². The molecule has 1 aromatic heterocycles. The summed E-state index contributed by atoms with van der Waals surface area (Å²) in [6, 6.07) is 20.9. The molecule has 0 aliphatic heterocycles. The second-order valence-corrected chi connectivity index (χ2v) is 8.82. The Morgan fingerprint density at radius 3 is 2.41 bits per heavy atom. The van der Waals surface area contributed by atoms with Crippen LogP contribution in [0, 0.1) is 0 Å². The normalized spacial score (nSPS) is 11.6. The minimum absolute atomic E-state index is 0.0540. The summed E-state index contributed by atoms with van der Waals surface area (Å²) >= 11 is 3.52. The summed E-state index contributed by atoms with van der Waals surface area (Å²) < 4.78 is 6.79. The second-order valence-electron chi connectivity index (χ2n) is 7.96. The molecule has 0 aliphatic rings. The number of hydrogen-bond donors (Lipinski definition) is 1. The van der Waals surface area contributed by atoms with Gasteiger partial charge in [-0.2, -0.15) is 0 Å². The lowest BCUT2D eigenvalue weighted by molar-refractivity contribution is 0.102. The van der Waals surface area contributed by atoms with E-state index in [1.807, 2.05) is 66.7 Å². The van der Waals surface area contributed by atoms with Crippen LogP contribution >= 0.6 is 15.9 Å². The summed E-state index contributed by atoms with van der Waals surface area (Å²) in [5.74, 6) is 0.382. The molecule has 3 aromatic carbocycles. The first-order valence-electron chi connectivity index (χ1n) is 9.39. The van der Waals surface area contributed by atoms with E-state index in [1.54, 1.807) is 0 Å². The second kappa shape index (κ2) is 7.48. The smallest absolute Gasteiger partial charge is 0.255 e. The molecule has 4 rings (SSSR count). The number of nitrogens with one attached hydrogen (secondary N) is 1. The maximum absolute atomic E-state index is 12.6. The standard InChI is InChI=1S/C24H21BrN2O2/c1-24(2,3)16-10-8-15(9-11-16)22(28)26-17-12-13-21-20(14-17)27-23(29-21)18-6-4-5-7-19(18)25/h4-14H,1-3H3,(H,26,28). The molecule has 0 aliphatic carbocycles. The van der Waals surface area contributed by atoms with Crippen LogP contribution < -0.4 is 5.32 Å². The molecule has 146 valence electrons. The minimum atomic E-state index is -0.153. The molecule has 1 heterocycles. The van der Waals surface area contributed by atoms with Crippen molar-refractivity contribution in [3.8, 4) is 11.5 Å². The van der Waals surface area contributed by atoms with Gasteiger partial charge in [0.05, 0.1) is 5.56 Å². The Morgan fingerprint density at radius 2 is 1.72 bits per heavy atom. The van der Waals surface area contributed by atoms with Gasteiger partial charge in [0.15, 0.2) is 5.58 Å². The number of hydrogen-bond acceptors (Lipinski definition) is 3. The van der Waals surface area contributed by atoms with Crippen molar-refractivity contribution in [2.24, 2.45) is 0 Å². The van der Waals surface area contributed by atoms with Gasteiger partial charge in [-0.1, -0.05) is 45.0 Å². The third-order valence-electron chi connectivity index (χ3n) is 4.76. The van der Waals surface area contributed by atoms with E-state index >= 15 is 0 Å². The van der Waals surface area contributed by atoms with Gasteiger partial charge in [0, 0.05) is 15.7 Å². The molecule has 4 aromatic rings. The first kappa shape index (κ1) is 19.4. The van der Waals surface area contributed by atoms with E-state index in [-0.39, 0.29) is 11.3 Å². The van der Waals surface area contributed by atoms with Crippen molar-refractivity contribution in [1.82, 2.24) is 4.98 Å². The quantitative estimate of drug-likeness (QED) is 0.374. The SMILES string of the molecule is CC(C)(C)c1ccc(C(=O)Nc2ccc3oc(-c4ccccc4Br)nc3c2)cc1. The predicted octanol–water partition coefficient (Wildman–Crippen LogP) is 6.81. The third-order valence-corrected chi connectivity index (χ3v) is 5.45. The Bertz CT molecular complexity index is 1190. The first-order valence-corrected chi connectivity index (χ1v) is 10.2. The van der Waals surface area contributed by atoms with E-state index in [0.717, 1.165) is 10.0 Å². The van der Waals surface area contributed by atoms with Crippen molar-refractivity contribution >= 4 is 38.6 Å². The van der Waals surface area contributed by atoms with Crippen LogP contribution in [-0.2, 0) is 5.41 Å². The van der Waals surface area contributed by atoms with Crippen molar-refractivity contribution in [2.75, 3.05) is 5.32 Å². The van der Waals surface area contributed by atoms with Crippen molar-refractivity contribution in [3.05, 3.63) is 82.3 Å². The Kier molecular flexibility index (Phi) is 5.01. The highest BCUT2D eigenvalue weighted by molar-refractivity contribution is 9.10.